The van der Waals surface area contributed by atoms with Crippen molar-refractivity contribution in [3.63, 3.8) is 0 Å². The molecule has 7 nitrogen and oxygen atoms in total. The van der Waals surface area contributed by atoms with Gasteiger partial charge in [0.2, 0.25) is 5.91 Å². The van der Waals surface area contributed by atoms with E-state index in [0.29, 0.717) is 16.0 Å². The minimum atomic E-state index is -0.376. The highest BCUT2D eigenvalue weighted by Crippen LogP contribution is 2.24. The Labute approximate surface area is 129 Å². The van der Waals surface area contributed by atoms with E-state index in [4.69, 9.17) is 0 Å². The molecule has 0 radical (unpaired) electrons. The van der Waals surface area contributed by atoms with Gasteiger partial charge in [-0.2, -0.15) is 0 Å². The van der Waals surface area contributed by atoms with E-state index < -0.39 is 0 Å². The highest BCUT2D eigenvalue weighted by atomic mass is 32.1. The van der Waals surface area contributed by atoms with Crippen molar-refractivity contribution >= 4 is 33.3 Å². The molecule has 0 fully saturated rings. The lowest BCUT2D eigenvalue weighted by Crippen LogP contribution is -2.30. The third-order valence-corrected chi connectivity index (χ3v) is 4.38. The van der Waals surface area contributed by atoms with Crippen LogP contribution in [0.5, 0.6) is 0 Å². The van der Waals surface area contributed by atoms with E-state index in [9.17, 15) is 9.59 Å². The van der Waals surface area contributed by atoms with Gasteiger partial charge in [-0.15, -0.1) is 16.4 Å². The molecule has 3 rings (SSSR count). The number of amides is 1. The van der Waals surface area contributed by atoms with Crippen LogP contribution in [0.15, 0.2) is 29.2 Å². The first-order chi connectivity index (χ1) is 10.6. The zero-order chi connectivity index (χ0) is 15.7. The molecule has 3 aromatic heterocycles. The largest absolute Gasteiger partial charge is 0.309 e. The third-order valence-electron chi connectivity index (χ3n) is 3.28. The number of pyridine rings is 1. The molecule has 1 N–H and O–H groups in total. The molecule has 0 spiro atoms. The summed E-state index contributed by atoms with van der Waals surface area (Å²) in [6.45, 7) is 3.60. The summed E-state index contributed by atoms with van der Waals surface area (Å²) in [5, 5.41) is 11.0. The van der Waals surface area contributed by atoms with Gasteiger partial charge in [-0.05, 0) is 31.5 Å². The summed E-state index contributed by atoms with van der Waals surface area (Å²) in [4.78, 5) is 30.0. The summed E-state index contributed by atoms with van der Waals surface area (Å²) in [7, 11) is 0. The van der Waals surface area contributed by atoms with Crippen LogP contribution in [0.2, 0.25) is 0 Å². The zero-order valence-corrected chi connectivity index (χ0v) is 12.8. The maximum atomic E-state index is 12.4. The van der Waals surface area contributed by atoms with Crippen LogP contribution in [0.3, 0.4) is 0 Å². The van der Waals surface area contributed by atoms with Crippen LogP contribution in [-0.2, 0) is 11.3 Å². The summed E-state index contributed by atoms with van der Waals surface area (Å²) in [5.41, 5.74) is 0.585. The maximum Gasteiger partial charge on any atom is 0.279 e. The quantitative estimate of drug-likeness (QED) is 0.791. The Kier molecular flexibility index (Phi) is 3.68. The van der Waals surface area contributed by atoms with Crippen molar-refractivity contribution < 1.29 is 4.79 Å². The number of nitrogens with zero attached hydrogens (tertiary/aromatic N) is 4. The standard InChI is InChI=1S/C14H13N5O2S/c1-8-9(2)22-13-12(8)14(21)19(18-17-13)7-11(20)16-10-5-3-4-6-15-10/h3-6H,7H2,1-2H3,(H,15,16,20). The minimum Gasteiger partial charge on any atom is -0.309 e. The van der Waals surface area contributed by atoms with Crippen LogP contribution in [0.4, 0.5) is 5.82 Å². The van der Waals surface area contributed by atoms with Crippen molar-refractivity contribution in [2.24, 2.45) is 0 Å². The van der Waals surface area contributed by atoms with E-state index in [-0.39, 0.29) is 18.0 Å². The molecule has 3 aromatic rings. The summed E-state index contributed by atoms with van der Waals surface area (Å²) in [5.74, 6) is 0.0520. The molecule has 0 aliphatic rings. The number of aromatic nitrogens is 4. The molecule has 0 bridgehead atoms. The molecule has 0 aliphatic heterocycles. The van der Waals surface area contributed by atoms with Gasteiger partial charge in [0, 0.05) is 11.1 Å². The molecule has 0 aromatic carbocycles. The Hall–Kier alpha value is -2.61. The highest BCUT2D eigenvalue weighted by molar-refractivity contribution is 7.18. The van der Waals surface area contributed by atoms with Crippen LogP contribution in [-0.4, -0.2) is 25.9 Å². The van der Waals surface area contributed by atoms with E-state index in [1.54, 1.807) is 24.4 Å². The van der Waals surface area contributed by atoms with Crippen LogP contribution in [0.25, 0.3) is 10.2 Å². The fourth-order valence-electron chi connectivity index (χ4n) is 2.05. The predicted molar refractivity (Wildman–Crippen MR) is 84.0 cm³/mol. The fraction of sp³-hybridized carbons (Fsp3) is 0.214. The maximum absolute atomic E-state index is 12.4. The molecule has 112 valence electrons. The van der Waals surface area contributed by atoms with Gasteiger partial charge in [0.1, 0.15) is 12.4 Å². The van der Waals surface area contributed by atoms with Gasteiger partial charge < -0.3 is 5.32 Å². The zero-order valence-electron chi connectivity index (χ0n) is 12.0. The highest BCUT2D eigenvalue weighted by Gasteiger charge is 2.15. The molecule has 0 atom stereocenters. The van der Waals surface area contributed by atoms with Gasteiger partial charge in [-0.3, -0.25) is 9.59 Å². The molecule has 22 heavy (non-hydrogen) atoms. The number of thiophene rings is 1. The van der Waals surface area contributed by atoms with Crippen LogP contribution in [0.1, 0.15) is 10.4 Å². The van der Waals surface area contributed by atoms with Crippen molar-refractivity contribution in [2.45, 2.75) is 20.4 Å². The molecule has 0 unspecified atom stereocenters. The van der Waals surface area contributed by atoms with E-state index in [2.05, 4.69) is 20.6 Å². The first-order valence-electron chi connectivity index (χ1n) is 6.60. The normalized spacial score (nSPS) is 10.8. The molecule has 1 amide bonds. The van der Waals surface area contributed by atoms with E-state index in [0.717, 1.165) is 15.1 Å². The number of nitrogens with one attached hydrogen (secondary N) is 1. The molecular weight excluding hydrogens is 302 g/mol. The van der Waals surface area contributed by atoms with Crippen LogP contribution in [0, 0.1) is 13.8 Å². The Bertz CT molecular complexity index is 901. The van der Waals surface area contributed by atoms with Crippen molar-refractivity contribution in [1.82, 2.24) is 20.0 Å². The lowest BCUT2D eigenvalue weighted by molar-refractivity contribution is -0.117. The van der Waals surface area contributed by atoms with Gasteiger partial charge in [0.15, 0.2) is 4.83 Å². The summed E-state index contributed by atoms with van der Waals surface area (Å²) in [6, 6.07) is 5.18. The second-order valence-corrected chi connectivity index (χ2v) is 5.98. The average Bonchev–Trinajstić information content (AvgIpc) is 2.79. The Balaban J connectivity index is 1.88. The lowest BCUT2D eigenvalue weighted by Gasteiger charge is -2.05. The third kappa shape index (κ3) is 2.60. The van der Waals surface area contributed by atoms with Gasteiger partial charge >= 0.3 is 0 Å². The number of fused-ring (bicyclic) bond motifs is 1. The average molecular weight is 315 g/mol. The van der Waals surface area contributed by atoms with Gasteiger partial charge in [-0.25, -0.2) is 9.67 Å². The number of rotatable bonds is 3. The minimum absolute atomic E-state index is 0.202. The van der Waals surface area contributed by atoms with Crippen molar-refractivity contribution in [3.8, 4) is 0 Å². The van der Waals surface area contributed by atoms with E-state index in [1.165, 1.54) is 11.3 Å². The Morgan fingerprint density at radius 2 is 2.18 bits per heavy atom. The second kappa shape index (κ2) is 5.64. The Morgan fingerprint density at radius 3 is 2.91 bits per heavy atom. The van der Waals surface area contributed by atoms with Gasteiger partial charge in [-0.1, -0.05) is 11.3 Å². The van der Waals surface area contributed by atoms with Crippen LogP contribution < -0.4 is 10.9 Å². The molecule has 0 saturated heterocycles. The molecule has 3 heterocycles. The number of carbonyl (C=O) groups is 1. The molecule has 0 saturated carbocycles. The second-order valence-electron chi connectivity index (χ2n) is 4.78. The van der Waals surface area contributed by atoms with E-state index >= 15 is 0 Å². The number of hydrogen-bond donors (Lipinski definition) is 1. The SMILES string of the molecule is Cc1sc2nnn(CC(=O)Nc3ccccn3)c(=O)c2c1C. The van der Waals surface area contributed by atoms with E-state index in [1.807, 2.05) is 13.8 Å². The van der Waals surface area contributed by atoms with Gasteiger partial charge in [0.05, 0.1) is 5.39 Å². The number of carbonyl (C=O) groups excluding carboxylic acids is 1. The summed E-state index contributed by atoms with van der Waals surface area (Å²) < 4.78 is 1.07. The van der Waals surface area contributed by atoms with Crippen molar-refractivity contribution in [2.75, 3.05) is 5.32 Å². The van der Waals surface area contributed by atoms with Crippen LogP contribution >= 0.6 is 11.3 Å². The van der Waals surface area contributed by atoms with Crippen molar-refractivity contribution in [1.29, 1.82) is 0 Å². The smallest absolute Gasteiger partial charge is 0.279 e. The number of hydrogen-bond acceptors (Lipinski definition) is 6. The first-order valence-corrected chi connectivity index (χ1v) is 7.42. The topological polar surface area (TPSA) is 89.8 Å². The Morgan fingerprint density at radius 1 is 1.36 bits per heavy atom. The van der Waals surface area contributed by atoms with Crippen molar-refractivity contribution in [3.05, 3.63) is 45.2 Å². The predicted octanol–water partition coefficient (Wildman–Crippen LogP) is 1.50. The molecule has 8 heteroatoms. The fourth-order valence-corrected chi connectivity index (χ4v) is 3.02. The number of anilines is 1. The summed E-state index contributed by atoms with van der Waals surface area (Å²) in [6.07, 6.45) is 1.57. The lowest BCUT2D eigenvalue weighted by atomic mass is 10.2. The first kappa shape index (κ1) is 14.3. The monoisotopic (exact) mass is 315 g/mol. The van der Waals surface area contributed by atoms with Gasteiger partial charge in [0.25, 0.3) is 5.56 Å². The molecular formula is C14H13N5O2S. The number of aryl methyl sites for hydroxylation is 2. The molecule has 0 aliphatic carbocycles. The summed E-state index contributed by atoms with van der Waals surface area (Å²) >= 11 is 1.43.